The molecule has 1 heterocycles. The number of hydrogen-bond acceptors (Lipinski definition) is 3. The van der Waals surface area contributed by atoms with Crippen LogP contribution < -0.4 is 5.32 Å². The van der Waals surface area contributed by atoms with Crippen molar-refractivity contribution in [3.05, 3.63) is 59.4 Å². The highest BCUT2D eigenvalue weighted by molar-refractivity contribution is 5.28. The van der Waals surface area contributed by atoms with E-state index in [4.69, 9.17) is 0 Å². The molecule has 1 atom stereocenters. The van der Waals surface area contributed by atoms with Crippen LogP contribution in [0.3, 0.4) is 0 Å². The third-order valence-corrected chi connectivity index (χ3v) is 2.72. The molecule has 0 saturated heterocycles. The zero-order valence-corrected chi connectivity index (χ0v) is 10.5. The second-order valence-electron chi connectivity index (χ2n) is 4.09. The summed E-state index contributed by atoms with van der Waals surface area (Å²) in [4.78, 5) is 8.54. The smallest absolute Gasteiger partial charge is 0.128 e. The summed E-state index contributed by atoms with van der Waals surface area (Å²) in [6, 6.07) is 6.47. The van der Waals surface area contributed by atoms with Crippen LogP contribution in [0.5, 0.6) is 0 Å². The van der Waals surface area contributed by atoms with Crippen LogP contribution in [0.1, 0.15) is 29.9 Å². The van der Waals surface area contributed by atoms with Crippen LogP contribution in [0.2, 0.25) is 0 Å². The minimum absolute atomic E-state index is 0.231. The molecular weight excluding hydrogens is 229 g/mol. The molecule has 94 valence electrons. The lowest BCUT2D eigenvalue weighted by Gasteiger charge is -2.18. The number of aryl methyl sites for hydroxylation is 1. The lowest BCUT2D eigenvalue weighted by Crippen LogP contribution is -2.24. The predicted molar refractivity (Wildman–Crippen MR) is 68.7 cm³/mol. The van der Waals surface area contributed by atoms with Gasteiger partial charge in [-0.2, -0.15) is 0 Å². The van der Waals surface area contributed by atoms with Crippen molar-refractivity contribution in [2.75, 3.05) is 6.54 Å². The van der Waals surface area contributed by atoms with E-state index < -0.39 is 0 Å². The van der Waals surface area contributed by atoms with E-state index in [2.05, 4.69) is 15.3 Å². The molecule has 18 heavy (non-hydrogen) atoms. The largest absolute Gasteiger partial charge is 0.305 e. The van der Waals surface area contributed by atoms with Gasteiger partial charge in [-0.3, -0.25) is 9.97 Å². The summed E-state index contributed by atoms with van der Waals surface area (Å²) in [5.41, 5.74) is 2.17. The zero-order valence-electron chi connectivity index (χ0n) is 10.5. The maximum absolute atomic E-state index is 13.8. The third-order valence-electron chi connectivity index (χ3n) is 2.72. The lowest BCUT2D eigenvalue weighted by molar-refractivity contribution is 0.550. The van der Waals surface area contributed by atoms with Crippen molar-refractivity contribution in [2.24, 2.45) is 0 Å². The Hall–Kier alpha value is -1.81. The first-order chi connectivity index (χ1) is 8.72. The van der Waals surface area contributed by atoms with E-state index in [0.717, 1.165) is 17.9 Å². The fourth-order valence-electron chi connectivity index (χ4n) is 1.84. The number of hydrogen-bond donors (Lipinski definition) is 1. The van der Waals surface area contributed by atoms with E-state index in [9.17, 15) is 4.39 Å². The number of nitrogens with zero attached hydrogens (tertiary/aromatic N) is 2. The molecular formula is C14H16FN3. The fraction of sp³-hybridized carbons (Fsp3) is 0.286. The summed E-state index contributed by atoms with van der Waals surface area (Å²) in [6.45, 7) is 4.59. The van der Waals surface area contributed by atoms with Crippen molar-refractivity contribution >= 4 is 0 Å². The third kappa shape index (κ3) is 2.71. The molecule has 4 heteroatoms. The van der Waals surface area contributed by atoms with Crippen molar-refractivity contribution in [3.8, 4) is 0 Å². The molecule has 1 N–H and O–H groups in total. The van der Waals surface area contributed by atoms with Gasteiger partial charge in [0, 0.05) is 11.8 Å². The zero-order chi connectivity index (χ0) is 13.0. The first kappa shape index (κ1) is 12.6. The molecule has 0 aliphatic carbocycles. The maximum atomic E-state index is 13.8. The Bertz CT molecular complexity index is 511. The topological polar surface area (TPSA) is 37.8 Å². The molecule has 1 aromatic carbocycles. The standard InChI is InChI=1S/C14H16FN3/c1-3-16-14(11-6-4-5-7-12(11)15)13-9-17-10(2)8-18-13/h4-9,14,16H,3H2,1-2H3. The molecule has 2 aromatic rings. The maximum Gasteiger partial charge on any atom is 0.128 e. The number of benzene rings is 1. The minimum atomic E-state index is -0.260. The molecule has 1 aromatic heterocycles. The van der Waals surface area contributed by atoms with E-state index in [1.807, 2.05) is 19.9 Å². The van der Waals surface area contributed by atoms with E-state index in [0.29, 0.717) is 5.56 Å². The molecule has 0 radical (unpaired) electrons. The fourth-order valence-corrected chi connectivity index (χ4v) is 1.84. The minimum Gasteiger partial charge on any atom is -0.305 e. The lowest BCUT2D eigenvalue weighted by atomic mass is 10.0. The number of halogens is 1. The van der Waals surface area contributed by atoms with Crippen molar-refractivity contribution in [2.45, 2.75) is 19.9 Å². The Labute approximate surface area is 106 Å². The van der Waals surface area contributed by atoms with Gasteiger partial charge in [0.05, 0.1) is 23.6 Å². The Morgan fingerprint density at radius 1 is 1.22 bits per heavy atom. The van der Waals surface area contributed by atoms with Gasteiger partial charge in [0.1, 0.15) is 5.82 Å². The molecule has 1 unspecified atom stereocenters. The molecule has 0 aliphatic heterocycles. The van der Waals surface area contributed by atoms with E-state index in [1.165, 1.54) is 6.07 Å². The Kier molecular flexibility index (Phi) is 3.99. The highest BCUT2D eigenvalue weighted by Gasteiger charge is 2.17. The summed E-state index contributed by atoms with van der Waals surface area (Å²) in [7, 11) is 0. The van der Waals surface area contributed by atoms with Crippen molar-refractivity contribution < 1.29 is 4.39 Å². The Morgan fingerprint density at radius 3 is 2.61 bits per heavy atom. The van der Waals surface area contributed by atoms with Crippen LogP contribution in [0.25, 0.3) is 0 Å². The van der Waals surface area contributed by atoms with E-state index in [1.54, 1.807) is 24.5 Å². The summed E-state index contributed by atoms with van der Waals surface area (Å²) in [5.74, 6) is -0.231. The number of rotatable bonds is 4. The molecule has 2 rings (SSSR count). The quantitative estimate of drug-likeness (QED) is 0.899. The van der Waals surface area contributed by atoms with Gasteiger partial charge in [-0.05, 0) is 19.5 Å². The first-order valence-corrected chi connectivity index (χ1v) is 5.98. The highest BCUT2D eigenvalue weighted by atomic mass is 19.1. The Balaban J connectivity index is 2.40. The number of nitrogens with one attached hydrogen (secondary N) is 1. The van der Waals surface area contributed by atoms with Gasteiger partial charge in [-0.1, -0.05) is 25.1 Å². The van der Waals surface area contributed by atoms with Crippen molar-refractivity contribution in [1.29, 1.82) is 0 Å². The molecule has 3 nitrogen and oxygen atoms in total. The van der Waals surface area contributed by atoms with Gasteiger partial charge in [-0.15, -0.1) is 0 Å². The second-order valence-corrected chi connectivity index (χ2v) is 4.09. The molecule has 0 spiro atoms. The summed E-state index contributed by atoms with van der Waals surface area (Å²) >= 11 is 0. The van der Waals surface area contributed by atoms with Gasteiger partial charge >= 0.3 is 0 Å². The van der Waals surface area contributed by atoms with Gasteiger partial charge in [0.15, 0.2) is 0 Å². The summed E-state index contributed by atoms with van der Waals surface area (Å²) in [6.07, 6.45) is 3.38. The Morgan fingerprint density at radius 2 is 2.00 bits per heavy atom. The molecule has 0 aliphatic rings. The predicted octanol–water partition coefficient (Wildman–Crippen LogP) is 2.62. The van der Waals surface area contributed by atoms with Crippen LogP contribution in [0.4, 0.5) is 4.39 Å². The second kappa shape index (κ2) is 5.69. The highest BCUT2D eigenvalue weighted by Crippen LogP contribution is 2.22. The van der Waals surface area contributed by atoms with Crippen LogP contribution in [0, 0.1) is 12.7 Å². The molecule has 0 fully saturated rings. The van der Waals surface area contributed by atoms with Crippen LogP contribution >= 0.6 is 0 Å². The van der Waals surface area contributed by atoms with Crippen molar-refractivity contribution in [1.82, 2.24) is 15.3 Å². The number of aromatic nitrogens is 2. The normalized spacial score (nSPS) is 12.4. The summed E-state index contributed by atoms with van der Waals surface area (Å²) < 4.78 is 13.8. The van der Waals surface area contributed by atoms with Crippen LogP contribution in [-0.4, -0.2) is 16.5 Å². The van der Waals surface area contributed by atoms with Gasteiger partial charge in [0.25, 0.3) is 0 Å². The van der Waals surface area contributed by atoms with Crippen molar-refractivity contribution in [3.63, 3.8) is 0 Å². The monoisotopic (exact) mass is 245 g/mol. The van der Waals surface area contributed by atoms with Gasteiger partial charge in [0.2, 0.25) is 0 Å². The summed E-state index contributed by atoms with van der Waals surface area (Å²) in [5, 5.41) is 3.23. The van der Waals surface area contributed by atoms with Gasteiger partial charge in [-0.25, -0.2) is 4.39 Å². The van der Waals surface area contributed by atoms with Crippen LogP contribution in [-0.2, 0) is 0 Å². The van der Waals surface area contributed by atoms with E-state index >= 15 is 0 Å². The van der Waals surface area contributed by atoms with Crippen LogP contribution in [0.15, 0.2) is 36.7 Å². The average Bonchev–Trinajstić information content (AvgIpc) is 2.38. The SMILES string of the molecule is CCNC(c1cnc(C)cn1)c1ccccc1F. The van der Waals surface area contributed by atoms with Gasteiger partial charge < -0.3 is 5.32 Å². The molecule has 0 saturated carbocycles. The van der Waals surface area contributed by atoms with E-state index in [-0.39, 0.29) is 11.9 Å². The average molecular weight is 245 g/mol. The first-order valence-electron chi connectivity index (χ1n) is 5.98. The molecule has 0 bridgehead atoms. The molecule has 0 amide bonds.